The number of aromatic amines is 1. The first kappa shape index (κ1) is 21.6. The Labute approximate surface area is 142 Å². The van der Waals surface area contributed by atoms with Gasteiger partial charge in [0.05, 0.1) is 20.1 Å². The van der Waals surface area contributed by atoms with E-state index >= 15 is 0 Å². The Bertz CT molecular complexity index is 563. The lowest BCUT2D eigenvalue weighted by molar-refractivity contribution is -0.144. The van der Waals surface area contributed by atoms with Gasteiger partial charge in [0.25, 0.3) is 0 Å². The van der Waals surface area contributed by atoms with Crippen LogP contribution in [0, 0.1) is 5.92 Å². The number of ether oxygens (including phenoxy) is 1. The fourth-order valence-electron chi connectivity index (χ4n) is 1.18. The minimum absolute atomic E-state index is 0.00463. The van der Waals surface area contributed by atoms with Crippen LogP contribution in [-0.2, 0) is 16.6 Å². The van der Waals surface area contributed by atoms with Crippen LogP contribution < -0.4 is 0 Å². The summed E-state index contributed by atoms with van der Waals surface area (Å²) < 4.78 is 4.37. The monoisotopic (exact) mass is 340 g/mol. The first-order chi connectivity index (χ1) is 11.2. The topological polar surface area (TPSA) is 124 Å². The first-order valence-electron chi connectivity index (χ1n) is 7.74. The molecule has 0 amide bonds. The van der Waals surface area contributed by atoms with Gasteiger partial charge < -0.3 is 4.74 Å². The van der Waals surface area contributed by atoms with E-state index in [1.54, 1.807) is 20.9 Å². The maximum absolute atomic E-state index is 10.3. The van der Waals surface area contributed by atoms with Crippen LogP contribution in [-0.4, -0.2) is 53.9 Å². The van der Waals surface area contributed by atoms with E-state index < -0.39 is 0 Å². The molecule has 2 aromatic heterocycles. The van der Waals surface area contributed by atoms with Gasteiger partial charge in [-0.2, -0.15) is 10.0 Å². The summed E-state index contributed by atoms with van der Waals surface area (Å²) in [7, 11) is 3.15. The second kappa shape index (κ2) is 11.2. The van der Waals surface area contributed by atoms with Crippen molar-refractivity contribution in [2.75, 3.05) is 7.11 Å². The van der Waals surface area contributed by atoms with Crippen molar-refractivity contribution in [1.29, 1.82) is 0 Å². The third-order valence-corrected chi connectivity index (χ3v) is 2.59. The third kappa shape index (κ3) is 8.91. The SMILES string of the molecule is CC(C)c1nn[nH]n1.CC(C)c1nnn(C)n1.COC(=O)C(C)C. The fraction of sp³-hybridized carbons (Fsp3) is 0.786. The summed E-state index contributed by atoms with van der Waals surface area (Å²) in [6.07, 6.45) is 0. The normalized spacial score (nSPS) is 10.1. The predicted octanol–water partition coefficient (Wildman–Crippen LogP) is 1.47. The number of aromatic nitrogens is 8. The molecule has 0 aliphatic rings. The second-order valence-electron chi connectivity index (χ2n) is 5.89. The molecule has 136 valence electrons. The highest BCUT2D eigenvalue weighted by Gasteiger charge is 2.04. The van der Waals surface area contributed by atoms with Crippen LogP contribution >= 0.6 is 0 Å². The Morgan fingerprint density at radius 1 is 1.04 bits per heavy atom. The summed E-state index contributed by atoms with van der Waals surface area (Å²) in [5, 5.41) is 24.8. The lowest BCUT2D eigenvalue weighted by atomic mass is 10.2. The summed E-state index contributed by atoms with van der Waals surface area (Å²) in [6, 6.07) is 0. The number of carbonyl (C=O) groups is 1. The Hall–Kier alpha value is -2.39. The van der Waals surface area contributed by atoms with Gasteiger partial charge in [0, 0.05) is 11.8 Å². The van der Waals surface area contributed by atoms with E-state index in [9.17, 15) is 4.79 Å². The van der Waals surface area contributed by atoms with E-state index in [4.69, 9.17) is 0 Å². The van der Waals surface area contributed by atoms with Crippen molar-refractivity contribution >= 4 is 5.97 Å². The van der Waals surface area contributed by atoms with Gasteiger partial charge in [-0.1, -0.05) is 46.8 Å². The summed E-state index contributed by atoms with van der Waals surface area (Å²) in [5.74, 6) is 2.17. The van der Waals surface area contributed by atoms with E-state index in [0.29, 0.717) is 11.8 Å². The predicted molar refractivity (Wildman–Crippen MR) is 88.0 cm³/mol. The van der Waals surface area contributed by atoms with E-state index in [0.717, 1.165) is 11.6 Å². The molecular formula is C14H28N8O2. The molecule has 0 saturated heterocycles. The molecule has 0 atom stereocenters. The molecule has 2 aromatic rings. The van der Waals surface area contributed by atoms with Crippen LogP contribution in [0.25, 0.3) is 0 Å². The molecule has 0 aliphatic carbocycles. The molecule has 0 unspecified atom stereocenters. The van der Waals surface area contributed by atoms with Gasteiger partial charge in [-0.25, -0.2) is 0 Å². The number of methoxy groups -OCH3 is 1. The summed E-state index contributed by atoms with van der Waals surface area (Å²) in [5.41, 5.74) is 0. The smallest absolute Gasteiger partial charge is 0.308 e. The van der Waals surface area contributed by atoms with Crippen molar-refractivity contribution in [3.05, 3.63) is 11.6 Å². The van der Waals surface area contributed by atoms with Crippen molar-refractivity contribution in [1.82, 2.24) is 40.8 Å². The van der Waals surface area contributed by atoms with E-state index in [1.165, 1.54) is 11.9 Å². The highest BCUT2D eigenvalue weighted by Crippen LogP contribution is 2.04. The summed E-state index contributed by atoms with van der Waals surface area (Å²) >= 11 is 0. The average Bonchev–Trinajstić information content (AvgIpc) is 3.18. The van der Waals surface area contributed by atoms with E-state index in [-0.39, 0.29) is 11.9 Å². The molecule has 0 radical (unpaired) electrons. The molecule has 2 rings (SSSR count). The van der Waals surface area contributed by atoms with Crippen LogP contribution in [0.1, 0.15) is 65.0 Å². The Morgan fingerprint density at radius 2 is 1.62 bits per heavy atom. The van der Waals surface area contributed by atoms with Crippen LogP contribution in [0.3, 0.4) is 0 Å². The van der Waals surface area contributed by atoms with Crippen molar-refractivity contribution in [2.45, 2.75) is 53.4 Å². The molecule has 1 N–H and O–H groups in total. The zero-order chi connectivity index (χ0) is 18.7. The standard InChI is InChI=1S/C5H10N4.C5H10O2.C4H8N4/c1-4(2)5-6-8-9(3)7-5;1-4(2)5(6)7-3;1-3(2)4-5-7-8-6-4/h4H,1-3H3;4H,1-3H3;3H,1-2H3,(H,5,6,7,8). The largest absolute Gasteiger partial charge is 0.469 e. The van der Waals surface area contributed by atoms with Crippen molar-refractivity contribution in [2.24, 2.45) is 13.0 Å². The molecular weight excluding hydrogens is 312 g/mol. The first-order valence-corrected chi connectivity index (χ1v) is 7.74. The van der Waals surface area contributed by atoms with Crippen LogP contribution in [0.15, 0.2) is 0 Å². The van der Waals surface area contributed by atoms with Crippen molar-refractivity contribution in [3.8, 4) is 0 Å². The van der Waals surface area contributed by atoms with Gasteiger partial charge in [0.2, 0.25) is 0 Å². The minimum Gasteiger partial charge on any atom is -0.469 e. The Morgan fingerprint density at radius 3 is 1.79 bits per heavy atom. The molecule has 0 aromatic carbocycles. The van der Waals surface area contributed by atoms with E-state index in [2.05, 4.69) is 40.8 Å². The Kier molecular flexibility index (Phi) is 10.1. The van der Waals surface area contributed by atoms with Gasteiger partial charge in [0.1, 0.15) is 0 Å². The quantitative estimate of drug-likeness (QED) is 0.833. The third-order valence-electron chi connectivity index (χ3n) is 2.59. The molecule has 2 heterocycles. The van der Waals surface area contributed by atoms with Crippen molar-refractivity contribution in [3.63, 3.8) is 0 Å². The zero-order valence-electron chi connectivity index (χ0n) is 15.7. The van der Waals surface area contributed by atoms with Crippen LogP contribution in [0.5, 0.6) is 0 Å². The molecule has 0 spiro atoms. The summed E-state index contributed by atoms with van der Waals surface area (Å²) in [4.78, 5) is 11.8. The summed E-state index contributed by atoms with van der Waals surface area (Å²) in [6.45, 7) is 11.7. The van der Waals surface area contributed by atoms with Gasteiger partial charge in [0.15, 0.2) is 11.6 Å². The number of nitrogens with zero attached hydrogens (tertiary/aromatic N) is 7. The number of nitrogens with one attached hydrogen (secondary N) is 1. The fourth-order valence-corrected chi connectivity index (χ4v) is 1.18. The van der Waals surface area contributed by atoms with E-state index in [1.807, 2.05) is 27.7 Å². The average molecular weight is 340 g/mol. The maximum Gasteiger partial charge on any atom is 0.308 e. The van der Waals surface area contributed by atoms with Crippen LogP contribution in [0.2, 0.25) is 0 Å². The molecule has 24 heavy (non-hydrogen) atoms. The maximum atomic E-state index is 10.3. The Balaban J connectivity index is 0.000000334. The number of H-pyrrole nitrogens is 1. The van der Waals surface area contributed by atoms with Crippen molar-refractivity contribution < 1.29 is 9.53 Å². The number of aryl methyl sites for hydroxylation is 1. The molecule has 10 heteroatoms. The number of hydrogen-bond acceptors (Lipinski definition) is 8. The number of rotatable bonds is 3. The molecule has 0 bridgehead atoms. The highest BCUT2D eigenvalue weighted by molar-refractivity contribution is 5.71. The highest BCUT2D eigenvalue weighted by atomic mass is 16.5. The van der Waals surface area contributed by atoms with Gasteiger partial charge >= 0.3 is 5.97 Å². The molecule has 0 fully saturated rings. The second-order valence-corrected chi connectivity index (χ2v) is 5.89. The number of tetrazole rings is 2. The van der Waals surface area contributed by atoms with Crippen LogP contribution in [0.4, 0.5) is 0 Å². The lowest BCUT2D eigenvalue weighted by Crippen LogP contribution is -2.07. The van der Waals surface area contributed by atoms with Gasteiger partial charge in [-0.15, -0.1) is 20.4 Å². The lowest BCUT2D eigenvalue weighted by Gasteiger charge is -1.97. The molecule has 0 saturated carbocycles. The van der Waals surface area contributed by atoms with Gasteiger partial charge in [-0.05, 0) is 5.21 Å². The van der Waals surface area contributed by atoms with Gasteiger partial charge in [-0.3, -0.25) is 4.79 Å². The molecule has 10 nitrogen and oxygen atoms in total. The number of carbonyl (C=O) groups excluding carboxylic acids is 1. The minimum atomic E-state index is -0.153. The molecule has 0 aliphatic heterocycles. The number of esters is 1. The zero-order valence-corrected chi connectivity index (χ0v) is 15.7. The number of hydrogen-bond donors (Lipinski definition) is 1.